The predicted octanol–water partition coefficient (Wildman–Crippen LogP) is 1.13. The summed E-state index contributed by atoms with van der Waals surface area (Å²) in [5.74, 6) is 0.931. The van der Waals surface area contributed by atoms with E-state index < -0.39 is 0 Å². The highest BCUT2D eigenvalue weighted by molar-refractivity contribution is 5.60. The SMILES string of the molecule is COc1cc(-c2cncc(N)n2)ccn1. The fourth-order valence-corrected chi connectivity index (χ4v) is 1.20. The summed E-state index contributed by atoms with van der Waals surface area (Å²) < 4.78 is 5.02. The number of anilines is 1. The minimum absolute atomic E-state index is 0.392. The minimum atomic E-state index is 0.392. The molecule has 0 amide bonds. The second-order valence-electron chi connectivity index (χ2n) is 2.92. The maximum Gasteiger partial charge on any atom is 0.213 e. The number of methoxy groups -OCH3 is 1. The van der Waals surface area contributed by atoms with Crippen LogP contribution >= 0.6 is 0 Å². The molecule has 0 aliphatic carbocycles. The van der Waals surface area contributed by atoms with Crippen molar-refractivity contribution >= 4 is 5.82 Å². The van der Waals surface area contributed by atoms with Crippen molar-refractivity contribution in [2.45, 2.75) is 0 Å². The smallest absolute Gasteiger partial charge is 0.213 e. The molecule has 0 atom stereocenters. The highest BCUT2D eigenvalue weighted by atomic mass is 16.5. The van der Waals surface area contributed by atoms with Crippen LogP contribution in [-0.4, -0.2) is 22.1 Å². The number of hydrogen-bond acceptors (Lipinski definition) is 5. The molecule has 2 aromatic rings. The first-order chi connectivity index (χ1) is 7.29. The summed E-state index contributed by atoms with van der Waals surface area (Å²) in [6.45, 7) is 0. The summed E-state index contributed by atoms with van der Waals surface area (Å²) in [5, 5.41) is 0. The van der Waals surface area contributed by atoms with E-state index in [1.54, 1.807) is 25.6 Å². The number of nitrogens with two attached hydrogens (primary N) is 1. The third-order valence-electron chi connectivity index (χ3n) is 1.89. The van der Waals surface area contributed by atoms with Crippen molar-refractivity contribution in [3.8, 4) is 17.1 Å². The largest absolute Gasteiger partial charge is 0.481 e. The summed E-state index contributed by atoms with van der Waals surface area (Å²) in [6, 6.07) is 3.61. The fourth-order valence-electron chi connectivity index (χ4n) is 1.20. The van der Waals surface area contributed by atoms with E-state index >= 15 is 0 Å². The number of nitrogens with zero attached hydrogens (tertiary/aromatic N) is 3. The van der Waals surface area contributed by atoms with E-state index in [9.17, 15) is 0 Å². The molecule has 0 saturated carbocycles. The lowest BCUT2D eigenvalue weighted by Gasteiger charge is -2.02. The molecule has 0 fully saturated rings. The van der Waals surface area contributed by atoms with Gasteiger partial charge < -0.3 is 10.5 Å². The van der Waals surface area contributed by atoms with Gasteiger partial charge in [0, 0.05) is 17.8 Å². The van der Waals surface area contributed by atoms with Crippen molar-refractivity contribution in [1.29, 1.82) is 0 Å². The summed E-state index contributed by atoms with van der Waals surface area (Å²) in [6.07, 6.45) is 4.80. The van der Waals surface area contributed by atoms with E-state index in [0.29, 0.717) is 17.4 Å². The summed E-state index contributed by atoms with van der Waals surface area (Å²) >= 11 is 0. The Morgan fingerprint density at radius 2 is 2.20 bits per heavy atom. The Kier molecular flexibility index (Phi) is 2.45. The highest BCUT2D eigenvalue weighted by Gasteiger charge is 2.02. The molecule has 2 rings (SSSR count). The molecule has 0 radical (unpaired) electrons. The molecule has 0 bridgehead atoms. The molecule has 76 valence electrons. The Hall–Kier alpha value is -2.17. The molecule has 2 aromatic heterocycles. The molecule has 0 unspecified atom stereocenters. The van der Waals surface area contributed by atoms with E-state index in [4.69, 9.17) is 10.5 Å². The van der Waals surface area contributed by atoms with Crippen LogP contribution in [0.5, 0.6) is 5.88 Å². The topological polar surface area (TPSA) is 73.9 Å². The van der Waals surface area contributed by atoms with Gasteiger partial charge in [0.05, 0.1) is 25.2 Å². The van der Waals surface area contributed by atoms with Crippen molar-refractivity contribution in [2.24, 2.45) is 0 Å². The molecule has 0 saturated heterocycles. The Balaban J connectivity index is 2.44. The number of hydrogen-bond donors (Lipinski definition) is 1. The molecule has 0 aromatic carbocycles. The molecular weight excluding hydrogens is 192 g/mol. The van der Waals surface area contributed by atoms with Crippen LogP contribution in [0.2, 0.25) is 0 Å². The van der Waals surface area contributed by atoms with Gasteiger partial charge in [0.1, 0.15) is 5.82 Å². The third-order valence-corrected chi connectivity index (χ3v) is 1.89. The molecule has 15 heavy (non-hydrogen) atoms. The standard InChI is InChI=1S/C10H10N4O/c1-15-10-4-7(2-3-13-10)8-5-12-6-9(11)14-8/h2-6H,1H3,(H2,11,14). The van der Waals surface area contributed by atoms with E-state index in [1.165, 1.54) is 6.20 Å². The van der Waals surface area contributed by atoms with Crippen molar-refractivity contribution in [3.63, 3.8) is 0 Å². The molecule has 0 aliphatic heterocycles. The van der Waals surface area contributed by atoms with Crippen LogP contribution in [0.1, 0.15) is 0 Å². The summed E-state index contributed by atoms with van der Waals surface area (Å²) in [5.41, 5.74) is 7.13. The zero-order valence-corrected chi connectivity index (χ0v) is 8.21. The minimum Gasteiger partial charge on any atom is -0.481 e. The average Bonchev–Trinajstić information content (AvgIpc) is 2.29. The number of rotatable bonds is 2. The van der Waals surface area contributed by atoms with Crippen LogP contribution in [0.25, 0.3) is 11.3 Å². The van der Waals surface area contributed by atoms with Crippen LogP contribution < -0.4 is 10.5 Å². The Labute approximate surface area is 87.0 Å². The van der Waals surface area contributed by atoms with Crippen molar-refractivity contribution in [1.82, 2.24) is 15.0 Å². The van der Waals surface area contributed by atoms with Crippen molar-refractivity contribution in [2.75, 3.05) is 12.8 Å². The molecule has 2 N–H and O–H groups in total. The summed E-state index contributed by atoms with van der Waals surface area (Å²) in [7, 11) is 1.57. The van der Waals surface area contributed by atoms with Gasteiger partial charge in [-0.25, -0.2) is 9.97 Å². The average molecular weight is 202 g/mol. The zero-order chi connectivity index (χ0) is 10.7. The van der Waals surface area contributed by atoms with Gasteiger partial charge >= 0.3 is 0 Å². The Morgan fingerprint density at radius 1 is 1.33 bits per heavy atom. The quantitative estimate of drug-likeness (QED) is 0.790. The van der Waals surface area contributed by atoms with E-state index in [-0.39, 0.29) is 0 Å². The number of aromatic nitrogens is 3. The first-order valence-corrected chi connectivity index (χ1v) is 4.37. The number of pyridine rings is 1. The van der Waals surface area contributed by atoms with Gasteiger partial charge in [-0.1, -0.05) is 0 Å². The van der Waals surface area contributed by atoms with Gasteiger partial charge in [0.2, 0.25) is 5.88 Å². The first-order valence-electron chi connectivity index (χ1n) is 4.37. The third kappa shape index (κ3) is 2.01. The molecular formula is C10H10N4O. The maximum atomic E-state index is 5.55. The second-order valence-corrected chi connectivity index (χ2v) is 2.92. The lowest BCUT2D eigenvalue weighted by Crippen LogP contribution is -1.94. The lowest BCUT2D eigenvalue weighted by atomic mass is 10.2. The van der Waals surface area contributed by atoms with E-state index in [1.807, 2.05) is 6.07 Å². The van der Waals surface area contributed by atoms with Crippen molar-refractivity contribution in [3.05, 3.63) is 30.7 Å². The zero-order valence-electron chi connectivity index (χ0n) is 8.21. The highest BCUT2D eigenvalue weighted by Crippen LogP contribution is 2.19. The van der Waals surface area contributed by atoms with Gasteiger partial charge in [0.25, 0.3) is 0 Å². The van der Waals surface area contributed by atoms with Crippen LogP contribution in [0.4, 0.5) is 5.82 Å². The predicted molar refractivity (Wildman–Crippen MR) is 56.2 cm³/mol. The van der Waals surface area contributed by atoms with Crippen molar-refractivity contribution < 1.29 is 4.74 Å². The molecule has 5 nitrogen and oxygen atoms in total. The fraction of sp³-hybridized carbons (Fsp3) is 0.100. The van der Waals surface area contributed by atoms with Crippen LogP contribution in [-0.2, 0) is 0 Å². The van der Waals surface area contributed by atoms with Crippen LogP contribution in [0.3, 0.4) is 0 Å². The van der Waals surface area contributed by atoms with Gasteiger partial charge in [-0.3, -0.25) is 4.98 Å². The normalized spacial score (nSPS) is 9.93. The van der Waals surface area contributed by atoms with Gasteiger partial charge in [-0.05, 0) is 6.07 Å². The monoisotopic (exact) mass is 202 g/mol. The van der Waals surface area contributed by atoms with Gasteiger partial charge in [-0.15, -0.1) is 0 Å². The van der Waals surface area contributed by atoms with Crippen LogP contribution in [0.15, 0.2) is 30.7 Å². The lowest BCUT2D eigenvalue weighted by molar-refractivity contribution is 0.398. The number of ether oxygens (including phenoxy) is 1. The molecule has 0 aliphatic rings. The van der Waals surface area contributed by atoms with Crippen LogP contribution in [0, 0.1) is 0 Å². The maximum absolute atomic E-state index is 5.55. The molecule has 5 heteroatoms. The van der Waals surface area contributed by atoms with E-state index in [0.717, 1.165) is 5.56 Å². The van der Waals surface area contributed by atoms with E-state index in [2.05, 4.69) is 15.0 Å². The number of nitrogen functional groups attached to an aromatic ring is 1. The Morgan fingerprint density at radius 3 is 2.93 bits per heavy atom. The Bertz CT molecular complexity index is 472. The molecule has 0 spiro atoms. The summed E-state index contributed by atoms with van der Waals surface area (Å²) in [4.78, 5) is 12.1. The second kappa shape index (κ2) is 3.91. The first kappa shape index (κ1) is 9.39. The molecule has 2 heterocycles. The van der Waals surface area contributed by atoms with Gasteiger partial charge in [0.15, 0.2) is 0 Å². The van der Waals surface area contributed by atoms with Gasteiger partial charge in [-0.2, -0.15) is 0 Å².